The van der Waals surface area contributed by atoms with E-state index in [4.69, 9.17) is 5.11 Å². The molecule has 0 radical (unpaired) electrons. The van der Waals surface area contributed by atoms with Crippen LogP contribution in [0.1, 0.15) is 12.8 Å². The maximum atomic E-state index is 13.6. The molecule has 110 valence electrons. The molecule has 1 saturated heterocycles. The number of nitrogens with zero attached hydrogens (tertiary/aromatic N) is 1. The summed E-state index contributed by atoms with van der Waals surface area (Å²) in [5.41, 5.74) is 0.0754. The second kappa shape index (κ2) is 6.41. The summed E-state index contributed by atoms with van der Waals surface area (Å²) in [6, 6.07) is 1.51. The van der Waals surface area contributed by atoms with Gasteiger partial charge in [-0.1, -0.05) is 0 Å². The molecule has 1 aliphatic heterocycles. The van der Waals surface area contributed by atoms with Gasteiger partial charge in [0.05, 0.1) is 17.5 Å². The van der Waals surface area contributed by atoms with Gasteiger partial charge in [0.2, 0.25) is 0 Å². The Morgan fingerprint density at radius 1 is 1.50 bits per heavy atom. The van der Waals surface area contributed by atoms with Crippen molar-refractivity contribution in [2.24, 2.45) is 0 Å². The van der Waals surface area contributed by atoms with Crippen LogP contribution < -0.4 is 5.32 Å². The first-order chi connectivity index (χ1) is 9.56. The summed E-state index contributed by atoms with van der Waals surface area (Å²) < 4.78 is 27.2. The fraction of sp³-hybridized carbons (Fsp3) is 0.462. The number of likely N-dealkylation sites (tertiary alicyclic amines) is 1. The zero-order valence-corrected chi connectivity index (χ0v) is 11.8. The third-order valence-corrected chi connectivity index (χ3v) is 4.10. The SMILES string of the molecule is CSc1c(F)cc(NC(=O)N2CCC[C@@H]2CO)cc1F. The quantitative estimate of drug-likeness (QED) is 0.844. The monoisotopic (exact) mass is 302 g/mol. The lowest BCUT2D eigenvalue weighted by Crippen LogP contribution is -2.40. The molecule has 0 spiro atoms. The van der Waals surface area contributed by atoms with Gasteiger partial charge in [-0.2, -0.15) is 0 Å². The maximum Gasteiger partial charge on any atom is 0.322 e. The van der Waals surface area contributed by atoms with Crippen molar-refractivity contribution in [3.63, 3.8) is 0 Å². The molecule has 1 fully saturated rings. The summed E-state index contributed by atoms with van der Waals surface area (Å²) in [6.45, 7) is 0.423. The molecular formula is C13H16F2N2O2S. The Labute approximate surface area is 120 Å². The van der Waals surface area contributed by atoms with Gasteiger partial charge in [-0.3, -0.25) is 0 Å². The number of halogens is 2. The topological polar surface area (TPSA) is 52.6 Å². The van der Waals surface area contributed by atoms with Crippen LogP contribution in [0.5, 0.6) is 0 Å². The summed E-state index contributed by atoms with van der Waals surface area (Å²) in [6.07, 6.45) is 3.13. The molecule has 2 rings (SSSR count). The number of anilines is 1. The Hall–Kier alpha value is -1.34. The zero-order chi connectivity index (χ0) is 14.7. The van der Waals surface area contributed by atoms with Crippen LogP contribution in [-0.4, -0.2) is 41.5 Å². The van der Waals surface area contributed by atoms with E-state index in [1.54, 1.807) is 6.26 Å². The van der Waals surface area contributed by atoms with E-state index in [0.717, 1.165) is 36.7 Å². The van der Waals surface area contributed by atoms with Crippen LogP contribution in [0.2, 0.25) is 0 Å². The van der Waals surface area contributed by atoms with Crippen molar-refractivity contribution in [2.75, 3.05) is 24.7 Å². The number of hydrogen-bond donors (Lipinski definition) is 2. The highest BCUT2D eigenvalue weighted by molar-refractivity contribution is 7.98. The first-order valence-corrected chi connectivity index (χ1v) is 7.50. The van der Waals surface area contributed by atoms with Crippen molar-refractivity contribution in [1.82, 2.24) is 4.90 Å². The third-order valence-electron chi connectivity index (χ3n) is 3.30. The third kappa shape index (κ3) is 3.04. The Balaban J connectivity index is 2.12. The van der Waals surface area contributed by atoms with Gasteiger partial charge in [-0.25, -0.2) is 13.6 Å². The van der Waals surface area contributed by atoms with Gasteiger partial charge in [0, 0.05) is 12.2 Å². The number of aliphatic hydroxyl groups is 1. The standard InChI is InChI=1S/C13H16F2N2O2S/c1-20-12-10(14)5-8(6-11(12)15)16-13(19)17-4-2-3-9(17)7-18/h5-6,9,18H,2-4,7H2,1H3,(H,16,19)/t9-/m1/s1. The van der Waals surface area contributed by atoms with Crippen LogP contribution in [-0.2, 0) is 0 Å². The highest BCUT2D eigenvalue weighted by Crippen LogP contribution is 2.27. The van der Waals surface area contributed by atoms with E-state index < -0.39 is 17.7 Å². The Bertz CT molecular complexity index is 490. The summed E-state index contributed by atoms with van der Waals surface area (Å²) in [5.74, 6) is -1.40. The molecule has 7 heteroatoms. The second-order valence-electron chi connectivity index (χ2n) is 4.58. The number of urea groups is 1. The molecule has 1 atom stereocenters. The lowest BCUT2D eigenvalue weighted by atomic mass is 10.2. The minimum Gasteiger partial charge on any atom is -0.394 e. The summed E-state index contributed by atoms with van der Waals surface area (Å²) in [5, 5.41) is 11.6. The molecule has 1 aromatic rings. The maximum absolute atomic E-state index is 13.6. The van der Waals surface area contributed by atoms with Gasteiger partial charge < -0.3 is 15.3 Å². The number of carbonyl (C=O) groups is 1. The number of amides is 2. The molecule has 1 aliphatic rings. The molecule has 2 N–H and O–H groups in total. The van der Waals surface area contributed by atoms with Crippen molar-refractivity contribution in [1.29, 1.82) is 0 Å². The molecule has 0 saturated carbocycles. The summed E-state index contributed by atoms with van der Waals surface area (Å²) >= 11 is 0.973. The number of thioether (sulfide) groups is 1. The molecule has 0 bridgehead atoms. The zero-order valence-electron chi connectivity index (χ0n) is 11.0. The fourth-order valence-corrected chi connectivity index (χ4v) is 2.82. The first kappa shape index (κ1) is 15.1. The molecule has 2 amide bonds. The lowest BCUT2D eigenvalue weighted by Gasteiger charge is -2.23. The predicted molar refractivity (Wildman–Crippen MR) is 74.0 cm³/mol. The average molecular weight is 302 g/mol. The van der Waals surface area contributed by atoms with Crippen molar-refractivity contribution in [3.05, 3.63) is 23.8 Å². The van der Waals surface area contributed by atoms with Gasteiger partial charge >= 0.3 is 6.03 Å². The minimum absolute atomic E-state index is 0.0718. The fourth-order valence-electron chi connectivity index (χ4n) is 2.32. The van der Waals surface area contributed by atoms with Gasteiger partial charge in [0.1, 0.15) is 11.6 Å². The molecule has 1 aromatic carbocycles. The number of rotatable bonds is 3. The van der Waals surface area contributed by atoms with Crippen molar-refractivity contribution in [3.8, 4) is 0 Å². The molecule has 0 aliphatic carbocycles. The van der Waals surface area contributed by atoms with Crippen molar-refractivity contribution < 1.29 is 18.7 Å². The second-order valence-corrected chi connectivity index (χ2v) is 5.39. The van der Waals surface area contributed by atoms with E-state index in [2.05, 4.69) is 5.32 Å². The van der Waals surface area contributed by atoms with E-state index in [1.165, 1.54) is 4.90 Å². The average Bonchev–Trinajstić information content (AvgIpc) is 2.86. The normalized spacial score (nSPS) is 18.4. The number of aliphatic hydroxyl groups excluding tert-OH is 1. The van der Waals surface area contributed by atoms with Crippen LogP contribution in [0.15, 0.2) is 17.0 Å². The molecule has 4 nitrogen and oxygen atoms in total. The Morgan fingerprint density at radius 3 is 2.70 bits per heavy atom. The largest absolute Gasteiger partial charge is 0.394 e. The Morgan fingerprint density at radius 2 is 2.15 bits per heavy atom. The molecule has 0 aromatic heterocycles. The van der Waals surface area contributed by atoms with Crippen molar-refractivity contribution >= 4 is 23.5 Å². The van der Waals surface area contributed by atoms with E-state index in [-0.39, 0.29) is 23.2 Å². The smallest absolute Gasteiger partial charge is 0.322 e. The van der Waals surface area contributed by atoms with Crippen LogP contribution >= 0.6 is 11.8 Å². The molecule has 1 heterocycles. The number of carbonyl (C=O) groups excluding carboxylic acids is 1. The number of nitrogens with one attached hydrogen (secondary N) is 1. The molecular weight excluding hydrogens is 286 g/mol. The van der Waals surface area contributed by atoms with E-state index >= 15 is 0 Å². The van der Waals surface area contributed by atoms with Crippen LogP contribution in [0.4, 0.5) is 19.3 Å². The van der Waals surface area contributed by atoms with Crippen molar-refractivity contribution in [2.45, 2.75) is 23.8 Å². The molecule has 20 heavy (non-hydrogen) atoms. The summed E-state index contributed by atoms with van der Waals surface area (Å²) in [7, 11) is 0. The van der Waals surface area contributed by atoms with E-state index in [0.29, 0.717) is 6.54 Å². The van der Waals surface area contributed by atoms with E-state index in [1.807, 2.05) is 0 Å². The van der Waals surface area contributed by atoms with Gasteiger partial charge in [-0.05, 0) is 31.2 Å². The van der Waals surface area contributed by atoms with E-state index in [9.17, 15) is 13.6 Å². The summed E-state index contributed by atoms with van der Waals surface area (Å²) in [4.78, 5) is 13.4. The minimum atomic E-state index is -0.701. The van der Waals surface area contributed by atoms with Gasteiger partial charge in [0.25, 0.3) is 0 Å². The van der Waals surface area contributed by atoms with Crippen LogP contribution in [0.25, 0.3) is 0 Å². The van der Waals surface area contributed by atoms with Crippen LogP contribution in [0.3, 0.4) is 0 Å². The lowest BCUT2D eigenvalue weighted by molar-refractivity contribution is 0.166. The predicted octanol–water partition coefficient (Wildman–Crippen LogP) is 2.68. The highest BCUT2D eigenvalue weighted by atomic mass is 32.2. The first-order valence-electron chi connectivity index (χ1n) is 6.28. The number of hydrogen-bond acceptors (Lipinski definition) is 3. The van der Waals surface area contributed by atoms with Gasteiger partial charge in [0.15, 0.2) is 0 Å². The number of benzene rings is 1. The van der Waals surface area contributed by atoms with Crippen LogP contribution in [0, 0.1) is 11.6 Å². The highest BCUT2D eigenvalue weighted by Gasteiger charge is 2.28. The Kier molecular flexibility index (Phi) is 4.82. The van der Waals surface area contributed by atoms with Gasteiger partial charge in [-0.15, -0.1) is 11.8 Å². The molecule has 0 unspecified atom stereocenters.